The molecule has 1 aliphatic rings. The molecule has 0 atom stereocenters. The fraction of sp³-hybridized carbons (Fsp3) is 0.375. The average molecular weight is 191 g/mol. The second kappa shape index (κ2) is 2.57. The van der Waals surface area contributed by atoms with E-state index in [-0.39, 0.29) is 5.69 Å². The molecule has 1 fully saturated rings. The lowest BCUT2D eigenvalue weighted by Gasteiger charge is -2.01. The second-order valence-electron chi connectivity index (χ2n) is 3.44. The van der Waals surface area contributed by atoms with Crippen LogP contribution < -0.4 is 11.0 Å². The molecule has 1 aliphatic carbocycles. The van der Waals surface area contributed by atoms with Gasteiger partial charge in [-0.25, -0.2) is 9.89 Å². The molecular formula is C8H9N5O. The Morgan fingerprint density at radius 2 is 2.36 bits per heavy atom. The summed E-state index contributed by atoms with van der Waals surface area (Å²) in [6.07, 6.45) is 2.36. The molecule has 0 radical (unpaired) electrons. The molecule has 2 aromatic rings. The molecule has 1 saturated carbocycles. The highest BCUT2D eigenvalue weighted by Gasteiger charge is 2.21. The van der Waals surface area contributed by atoms with E-state index in [1.54, 1.807) is 6.07 Å². The van der Waals surface area contributed by atoms with Gasteiger partial charge in [0.25, 0.3) is 0 Å². The predicted octanol–water partition coefficient (Wildman–Crippen LogP) is -0.00810. The Morgan fingerprint density at radius 1 is 1.50 bits per heavy atom. The summed E-state index contributed by atoms with van der Waals surface area (Å²) < 4.78 is 1.25. The van der Waals surface area contributed by atoms with Crippen molar-refractivity contribution in [2.45, 2.75) is 18.9 Å². The third-order valence-electron chi connectivity index (χ3n) is 2.20. The van der Waals surface area contributed by atoms with Crippen LogP contribution in [-0.4, -0.2) is 25.9 Å². The molecule has 3 rings (SSSR count). The Kier molecular flexibility index (Phi) is 1.38. The second-order valence-corrected chi connectivity index (χ2v) is 3.44. The monoisotopic (exact) mass is 191 g/mol. The predicted molar refractivity (Wildman–Crippen MR) is 50.3 cm³/mol. The van der Waals surface area contributed by atoms with E-state index in [4.69, 9.17) is 0 Å². The molecule has 14 heavy (non-hydrogen) atoms. The number of aromatic amines is 1. The summed E-state index contributed by atoms with van der Waals surface area (Å²) in [5, 5.41) is 13.5. The number of rotatable bonds is 2. The van der Waals surface area contributed by atoms with Gasteiger partial charge in [0.2, 0.25) is 0 Å². The van der Waals surface area contributed by atoms with Crippen molar-refractivity contribution in [1.82, 2.24) is 19.8 Å². The van der Waals surface area contributed by atoms with Crippen LogP contribution >= 0.6 is 0 Å². The van der Waals surface area contributed by atoms with E-state index < -0.39 is 0 Å². The van der Waals surface area contributed by atoms with Crippen LogP contribution in [0.2, 0.25) is 0 Å². The molecule has 2 heterocycles. The van der Waals surface area contributed by atoms with Crippen LogP contribution in [0.25, 0.3) is 5.65 Å². The van der Waals surface area contributed by atoms with Crippen LogP contribution in [0.15, 0.2) is 16.9 Å². The number of fused-ring (bicyclic) bond motifs is 1. The Hall–Kier alpha value is -1.85. The van der Waals surface area contributed by atoms with Crippen molar-refractivity contribution in [3.8, 4) is 0 Å². The normalized spacial score (nSPS) is 16.0. The summed E-state index contributed by atoms with van der Waals surface area (Å²) >= 11 is 0. The first-order valence-electron chi connectivity index (χ1n) is 4.54. The summed E-state index contributed by atoms with van der Waals surface area (Å²) in [5.41, 5.74) is 0.232. The highest BCUT2D eigenvalue weighted by molar-refractivity contribution is 5.44. The van der Waals surface area contributed by atoms with E-state index in [9.17, 15) is 4.79 Å². The quantitative estimate of drug-likeness (QED) is 0.700. The zero-order valence-corrected chi connectivity index (χ0v) is 7.40. The average Bonchev–Trinajstić information content (AvgIpc) is 2.92. The molecular weight excluding hydrogens is 182 g/mol. The Bertz CT molecular complexity index is 524. The van der Waals surface area contributed by atoms with Gasteiger partial charge in [-0.05, 0) is 25.0 Å². The fourth-order valence-corrected chi connectivity index (χ4v) is 1.32. The molecule has 0 unspecified atom stereocenters. The molecule has 0 aliphatic heterocycles. The topological polar surface area (TPSA) is 75.1 Å². The van der Waals surface area contributed by atoms with Crippen molar-refractivity contribution in [2.24, 2.45) is 0 Å². The first-order chi connectivity index (χ1) is 6.83. The summed E-state index contributed by atoms with van der Waals surface area (Å²) in [5.74, 6) is 0.725. The summed E-state index contributed by atoms with van der Waals surface area (Å²) in [6.45, 7) is 0. The third kappa shape index (κ3) is 1.15. The molecule has 6 heteroatoms. The molecule has 0 amide bonds. The zero-order valence-electron chi connectivity index (χ0n) is 7.40. The first-order valence-corrected chi connectivity index (χ1v) is 4.54. The summed E-state index contributed by atoms with van der Waals surface area (Å²) in [7, 11) is 0. The number of aromatic nitrogens is 4. The zero-order chi connectivity index (χ0) is 9.54. The minimum absolute atomic E-state index is 0.306. The largest absolute Gasteiger partial charge is 0.366 e. The summed E-state index contributed by atoms with van der Waals surface area (Å²) in [6, 6.07) is 4.12. The van der Waals surface area contributed by atoms with E-state index in [0.29, 0.717) is 11.7 Å². The van der Waals surface area contributed by atoms with Crippen LogP contribution in [0.3, 0.4) is 0 Å². The highest BCUT2D eigenvalue weighted by atomic mass is 16.2. The Labute approximate surface area is 78.9 Å². The van der Waals surface area contributed by atoms with Gasteiger partial charge < -0.3 is 5.32 Å². The number of hydrogen-bond donors (Lipinski definition) is 2. The Balaban J connectivity index is 2.08. The standard InChI is InChI=1S/C8H9N5O/c14-8-11-10-7-4-3-6(12-13(7)8)9-5-1-2-5/h3-5H,1-2H2,(H,9,12)(H,11,14). The van der Waals surface area contributed by atoms with Crippen molar-refractivity contribution < 1.29 is 0 Å². The SMILES string of the molecule is O=c1[nH]nc2ccc(NC3CC3)nn12. The maximum atomic E-state index is 11.2. The number of nitrogens with one attached hydrogen (secondary N) is 2. The molecule has 72 valence electrons. The minimum atomic E-state index is -0.306. The van der Waals surface area contributed by atoms with Crippen molar-refractivity contribution >= 4 is 11.5 Å². The van der Waals surface area contributed by atoms with Gasteiger partial charge in [-0.1, -0.05) is 0 Å². The number of H-pyrrole nitrogens is 1. The van der Waals surface area contributed by atoms with E-state index >= 15 is 0 Å². The van der Waals surface area contributed by atoms with Gasteiger partial charge in [0.05, 0.1) is 0 Å². The highest BCUT2D eigenvalue weighted by Crippen LogP contribution is 2.23. The molecule has 0 saturated heterocycles. The van der Waals surface area contributed by atoms with Gasteiger partial charge in [-0.2, -0.15) is 9.61 Å². The smallest absolute Gasteiger partial charge is 0.364 e. The maximum Gasteiger partial charge on any atom is 0.364 e. The maximum absolute atomic E-state index is 11.2. The number of hydrogen-bond acceptors (Lipinski definition) is 4. The molecule has 2 N–H and O–H groups in total. The van der Waals surface area contributed by atoms with Crippen molar-refractivity contribution in [3.05, 3.63) is 22.6 Å². The molecule has 0 aromatic carbocycles. The van der Waals surface area contributed by atoms with E-state index in [0.717, 1.165) is 5.82 Å². The van der Waals surface area contributed by atoms with Gasteiger partial charge in [-0.15, -0.1) is 5.10 Å². The minimum Gasteiger partial charge on any atom is -0.366 e. The first kappa shape index (κ1) is 7.54. The van der Waals surface area contributed by atoms with Crippen molar-refractivity contribution in [2.75, 3.05) is 5.32 Å². The van der Waals surface area contributed by atoms with Gasteiger partial charge in [0.15, 0.2) is 5.65 Å². The van der Waals surface area contributed by atoms with Gasteiger partial charge >= 0.3 is 5.69 Å². The molecule has 0 bridgehead atoms. The van der Waals surface area contributed by atoms with E-state index in [1.165, 1.54) is 17.4 Å². The van der Waals surface area contributed by atoms with Gasteiger partial charge in [0, 0.05) is 6.04 Å². The molecule has 2 aromatic heterocycles. The van der Waals surface area contributed by atoms with E-state index in [1.807, 2.05) is 6.07 Å². The van der Waals surface area contributed by atoms with Crippen LogP contribution in [-0.2, 0) is 0 Å². The molecule has 6 nitrogen and oxygen atoms in total. The number of nitrogens with zero attached hydrogens (tertiary/aromatic N) is 3. The van der Waals surface area contributed by atoms with Gasteiger partial charge in [-0.3, -0.25) is 0 Å². The van der Waals surface area contributed by atoms with Crippen LogP contribution in [0.1, 0.15) is 12.8 Å². The fourth-order valence-electron chi connectivity index (χ4n) is 1.32. The lowest BCUT2D eigenvalue weighted by Crippen LogP contribution is -2.14. The van der Waals surface area contributed by atoms with E-state index in [2.05, 4.69) is 20.6 Å². The van der Waals surface area contributed by atoms with Crippen LogP contribution in [0.4, 0.5) is 5.82 Å². The number of anilines is 1. The van der Waals surface area contributed by atoms with Crippen LogP contribution in [0.5, 0.6) is 0 Å². The van der Waals surface area contributed by atoms with Crippen molar-refractivity contribution in [3.63, 3.8) is 0 Å². The van der Waals surface area contributed by atoms with Gasteiger partial charge in [0.1, 0.15) is 5.82 Å². The van der Waals surface area contributed by atoms with Crippen LogP contribution in [0, 0.1) is 0 Å². The molecule has 0 spiro atoms. The lowest BCUT2D eigenvalue weighted by atomic mass is 10.5. The van der Waals surface area contributed by atoms with Crippen molar-refractivity contribution in [1.29, 1.82) is 0 Å². The summed E-state index contributed by atoms with van der Waals surface area (Å²) in [4.78, 5) is 11.2. The third-order valence-corrected chi connectivity index (χ3v) is 2.20. The lowest BCUT2D eigenvalue weighted by molar-refractivity contribution is 0.875. The Morgan fingerprint density at radius 3 is 3.14 bits per heavy atom.